The molecule has 7 aromatic carbocycles. The molecule has 142 valence electrons. The molecule has 1 aliphatic carbocycles. The predicted octanol–water partition coefficient (Wildman–Crippen LogP) is 8.08. The van der Waals surface area contributed by atoms with Crippen molar-refractivity contribution >= 4 is 76.5 Å². The van der Waals surface area contributed by atoms with E-state index in [2.05, 4.69) is 78.9 Å². The maximum absolute atomic E-state index is 12.9. The number of carbonyl (C=O) groups excluding carboxylic acids is 1. The van der Waals surface area contributed by atoms with Crippen LogP contribution in [0.3, 0.4) is 0 Å². The van der Waals surface area contributed by atoms with Gasteiger partial charge in [-0.25, -0.2) is 0 Å². The molecule has 0 aliphatic heterocycles. The first-order chi connectivity index (χ1) is 15.3. The standard InChI is InChI=1S/C30H16O/c31-25-7-3-5-17-13-19-9-10-20-14-23-22-6-2-1-4-16(22)12-18-8-11-21-15-24(26(17)25)28(19)30(20)29(21)27(18)23/h1-6,8-15H,7H2. The van der Waals surface area contributed by atoms with Gasteiger partial charge in [0.05, 0.1) is 0 Å². The predicted molar refractivity (Wildman–Crippen MR) is 132 cm³/mol. The molecule has 0 N–H and O–H groups in total. The van der Waals surface area contributed by atoms with E-state index in [1.165, 1.54) is 59.2 Å². The minimum absolute atomic E-state index is 0.221. The lowest BCUT2D eigenvalue weighted by Crippen LogP contribution is -2.06. The summed E-state index contributed by atoms with van der Waals surface area (Å²) >= 11 is 0. The van der Waals surface area contributed by atoms with E-state index in [9.17, 15) is 4.79 Å². The van der Waals surface area contributed by atoms with Crippen molar-refractivity contribution in [3.8, 4) is 0 Å². The Morgan fingerprint density at radius 3 is 2.00 bits per heavy atom. The van der Waals surface area contributed by atoms with Crippen LogP contribution in [0.15, 0.2) is 78.9 Å². The topological polar surface area (TPSA) is 17.1 Å². The Kier molecular flexibility index (Phi) is 2.65. The number of hydrogen-bond donors (Lipinski definition) is 0. The van der Waals surface area contributed by atoms with Gasteiger partial charge in [0, 0.05) is 12.0 Å². The zero-order chi connectivity index (χ0) is 20.3. The van der Waals surface area contributed by atoms with Crippen LogP contribution in [0, 0.1) is 0 Å². The Balaban J connectivity index is 1.73. The molecule has 31 heavy (non-hydrogen) atoms. The number of allylic oxidation sites excluding steroid dienone is 1. The molecule has 7 aromatic rings. The van der Waals surface area contributed by atoms with Gasteiger partial charge in [0.25, 0.3) is 0 Å². The summed E-state index contributed by atoms with van der Waals surface area (Å²) in [5.41, 5.74) is 1.93. The van der Waals surface area contributed by atoms with Crippen molar-refractivity contribution in [2.24, 2.45) is 0 Å². The summed E-state index contributed by atoms with van der Waals surface area (Å²) in [7, 11) is 0. The van der Waals surface area contributed by atoms with E-state index in [0.717, 1.165) is 16.5 Å². The molecule has 0 atom stereocenters. The minimum Gasteiger partial charge on any atom is -0.294 e. The Morgan fingerprint density at radius 2 is 1.19 bits per heavy atom. The van der Waals surface area contributed by atoms with Crippen LogP contribution >= 0.6 is 0 Å². The van der Waals surface area contributed by atoms with Gasteiger partial charge in [-0.1, -0.05) is 60.7 Å². The number of ketones is 1. The third kappa shape index (κ3) is 1.81. The van der Waals surface area contributed by atoms with Crippen molar-refractivity contribution in [2.45, 2.75) is 6.42 Å². The average molecular weight is 392 g/mol. The Labute approximate surface area is 177 Å². The van der Waals surface area contributed by atoms with Gasteiger partial charge in [0.2, 0.25) is 0 Å². The van der Waals surface area contributed by atoms with Gasteiger partial charge in [-0.3, -0.25) is 4.79 Å². The molecule has 0 heterocycles. The van der Waals surface area contributed by atoms with Crippen LogP contribution in [-0.4, -0.2) is 5.78 Å². The second-order valence-corrected chi connectivity index (χ2v) is 8.84. The van der Waals surface area contributed by atoms with Crippen molar-refractivity contribution in [1.29, 1.82) is 0 Å². The Morgan fingerprint density at radius 1 is 0.548 bits per heavy atom. The second-order valence-electron chi connectivity index (χ2n) is 8.84. The fraction of sp³-hybridized carbons (Fsp3) is 0.0333. The number of Topliss-reactive ketones (excluding diaryl/α,β-unsaturated/α-hetero) is 1. The van der Waals surface area contributed by atoms with Crippen LogP contribution in [-0.2, 0) is 0 Å². The highest BCUT2D eigenvalue weighted by Gasteiger charge is 2.22. The van der Waals surface area contributed by atoms with Crippen molar-refractivity contribution in [2.75, 3.05) is 0 Å². The number of carbonyl (C=O) groups is 1. The first kappa shape index (κ1) is 15.8. The third-order valence-electron chi connectivity index (χ3n) is 7.24. The Bertz CT molecular complexity index is 1920. The average Bonchev–Trinajstić information content (AvgIpc) is 2.80. The summed E-state index contributed by atoms with van der Waals surface area (Å²) in [6, 6.07) is 26.7. The molecular formula is C30H16O. The Hall–Kier alpha value is -3.97. The van der Waals surface area contributed by atoms with Crippen LogP contribution in [0.4, 0.5) is 0 Å². The van der Waals surface area contributed by atoms with Crippen molar-refractivity contribution in [1.82, 2.24) is 0 Å². The highest BCUT2D eigenvalue weighted by Crippen LogP contribution is 2.46. The summed E-state index contributed by atoms with van der Waals surface area (Å²) in [4.78, 5) is 12.9. The van der Waals surface area contributed by atoms with Crippen LogP contribution < -0.4 is 0 Å². The molecule has 0 aromatic heterocycles. The number of rotatable bonds is 0. The molecule has 0 amide bonds. The van der Waals surface area contributed by atoms with Gasteiger partial charge in [-0.2, -0.15) is 0 Å². The van der Waals surface area contributed by atoms with E-state index in [4.69, 9.17) is 0 Å². The maximum atomic E-state index is 12.9. The summed E-state index contributed by atoms with van der Waals surface area (Å²) < 4.78 is 0. The van der Waals surface area contributed by atoms with Gasteiger partial charge in [0.15, 0.2) is 5.78 Å². The number of benzene rings is 7. The van der Waals surface area contributed by atoms with Crippen molar-refractivity contribution in [3.63, 3.8) is 0 Å². The fourth-order valence-corrected chi connectivity index (χ4v) is 6.00. The van der Waals surface area contributed by atoms with E-state index >= 15 is 0 Å². The molecule has 8 rings (SSSR count). The minimum atomic E-state index is 0.221. The van der Waals surface area contributed by atoms with E-state index in [0.29, 0.717) is 6.42 Å². The number of hydrogen-bond acceptors (Lipinski definition) is 1. The van der Waals surface area contributed by atoms with Crippen LogP contribution in [0.2, 0.25) is 0 Å². The van der Waals surface area contributed by atoms with E-state index in [1.54, 1.807) is 0 Å². The quantitative estimate of drug-likeness (QED) is 0.188. The molecule has 0 radical (unpaired) electrons. The van der Waals surface area contributed by atoms with Crippen LogP contribution in [0.1, 0.15) is 22.3 Å². The van der Waals surface area contributed by atoms with E-state index in [-0.39, 0.29) is 5.78 Å². The zero-order valence-corrected chi connectivity index (χ0v) is 16.7. The largest absolute Gasteiger partial charge is 0.294 e. The van der Waals surface area contributed by atoms with E-state index in [1.807, 2.05) is 6.08 Å². The maximum Gasteiger partial charge on any atom is 0.167 e. The zero-order valence-electron chi connectivity index (χ0n) is 16.7. The first-order valence-corrected chi connectivity index (χ1v) is 10.8. The van der Waals surface area contributed by atoms with Crippen molar-refractivity contribution in [3.05, 3.63) is 90.0 Å². The van der Waals surface area contributed by atoms with Gasteiger partial charge in [0.1, 0.15) is 0 Å². The lowest BCUT2D eigenvalue weighted by atomic mass is 9.82. The molecule has 0 unspecified atom stereocenters. The lowest BCUT2D eigenvalue weighted by Gasteiger charge is -2.21. The van der Waals surface area contributed by atoms with Crippen LogP contribution in [0.5, 0.6) is 0 Å². The van der Waals surface area contributed by atoms with Gasteiger partial charge < -0.3 is 0 Å². The molecule has 0 saturated heterocycles. The molecule has 0 saturated carbocycles. The molecule has 1 nitrogen and oxygen atoms in total. The van der Waals surface area contributed by atoms with Gasteiger partial charge in [-0.05, 0) is 94.5 Å². The van der Waals surface area contributed by atoms with E-state index < -0.39 is 0 Å². The fourth-order valence-electron chi connectivity index (χ4n) is 6.00. The highest BCUT2D eigenvalue weighted by atomic mass is 16.1. The summed E-state index contributed by atoms with van der Waals surface area (Å²) in [6.45, 7) is 0. The summed E-state index contributed by atoms with van der Waals surface area (Å²) in [5.74, 6) is 0.221. The SMILES string of the molecule is O=C1CC=Cc2cc3ccc4cc5c6ccccc6cc6ccc7cc(c21)c3c4c7c65. The van der Waals surface area contributed by atoms with Gasteiger partial charge >= 0.3 is 0 Å². The smallest absolute Gasteiger partial charge is 0.167 e. The molecule has 1 heteroatoms. The molecule has 0 bridgehead atoms. The third-order valence-corrected chi connectivity index (χ3v) is 7.24. The monoisotopic (exact) mass is 392 g/mol. The highest BCUT2D eigenvalue weighted by molar-refractivity contribution is 6.40. The lowest BCUT2D eigenvalue weighted by molar-refractivity contribution is 0.0996. The van der Waals surface area contributed by atoms with Gasteiger partial charge in [-0.15, -0.1) is 0 Å². The molecular weight excluding hydrogens is 376 g/mol. The summed E-state index contributed by atoms with van der Waals surface area (Å²) in [6.07, 6.45) is 4.57. The second kappa shape index (κ2) is 5.19. The molecule has 0 spiro atoms. The van der Waals surface area contributed by atoms with Crippen LogP contribution in [0.25, 0.3) is 70.7 Å². The molecule has 0 fully saturated rings. The first-order valence-electron chi connectivity index (χ1n) is 10.8. The number of fused-ring (bicyclic) bond motifs is 4. The molecule has 1 aliphatic rings. The van der Waals surface area contributed by atoms with Crippen molar-refractivity contribution < 1.29 is 4.79 Å². The summed E-state index contributed by atoms with van der Waals surface area (Å²) in [5, 5.41) is 15.1. The normalized spacial score (nSPS) is 14.3.